The molecule has 220 valence electrons. The first-order valence-corrected chi connectivity index (χ1v) is 15.8. The van der Waals surface area contributed by atoms with Crippen LogP contribution in [0.1, 0.15) is 35.1 Å². The van der Waals surface area contributed by atoms with Gasteiger partial charge in [-0.15, -0.1) is 0 Å². The Labute approximate surface area is 264 Å². The van der Waals surface area contributed by atoms with E-state index in [1.54, 1.807) is 6.07 Å². The highest BCUT2D eigenvalue weighted by molar-refractivity contribution is 6.03. The van der Waals surface area contributed by atoms with Gasteiger partial charge in [0, 0.05) is 35.5 Å². The van der Waals surface area contributed by atoms with Crippen LogP contribution in [0.4, 0.5) is 10.1 Å². The van der Waals surface area contributed by atoms with E-state index in [0.29, 0.717) is 5.56 Å². The second-order valence-electron chi connectivity index (χ2n) is 12.2. The molecule has 0 amide bonds. The van der Waals surface area contributed by atoms with Crippen molar-refractivity contribution in [2.75, 3.05) is 18.0 Å². The lowest BCUT2D eigenvalue weighted by molar-refractivity contribution is 0.156. The number of anilines is 1. The molecule has 1 fully saturated rings. The van der Waals surface area contributed by atoms with Crippen molar-refractivity contribution in [3.05, 3.63) is 162 Å². The molecule has 2 aliphatic heterocycles. The van der Waals surface area contributed by atoms with Gasteiger partial charge in [-0.1, -0.05) is 109 Å². The molecule has 0 spiro atoms. The van der Waals surface area contributed by atoms with Crippen LogP contribution in [-0.4, -0.2) is 13.1 Å². The van der Waals surface area contributed by atoms with E-state index in [4.69, 9.17) is 4.74 Å². The first-order valence-electron chi connectivity index (χ1n) is 15.8. The molecule has 0 aliphatic carbocycles. The summed E-state index contributed by atoms with van der Waals surface area (Å²) in [6, 6.07) is 43.4. The summed E-state index contributed by atoms with van der Waals surface area (Å²) >= 11 is 0. The van der Waals surface area contributed by atoms with Gasteiger partial charge >= 0.3 is 0 Å². The fourth-order valence-corrected chi connectivity index (χ4v) is 6.98. The average Bonchev–Trinajstić information content (AvgIpc) is 3.64. The third-order valence-corrected chi connectivity index (χ3v) is 9.43. The van der Waals surface area contributed by atoms with Crippen molar-refractivity contribution in [1.82, 2.24) is 0 Å². The van der Waals surface area contributed by atoms with Gasteiger partial charge in [-0.3, -0.25) is 0 Å². The molecule has 2 heterocycles. The summed E-state index contributed by atoms with van der Waals surface area (Å²) < 4.78 is 22.8. The number of nitrogens with zero attached hydrogens (tertiary/aromatic N) is 1. The lowest BCUT2D eigenvalue weighted by Crippen LogP contribution is -2.35. The van der Waals surface area contributed by atoms with Crippen molar-refractivity contribution in [3.63, 3.8) is 0 Å². The predicted octanol–water partition coefficient (Wildman–Crippen LogP) is 10.6. The molecule has 6 aromatic carbocycles. The molecule has 3 heteroatoms. The van der Waals surface area contributed by atoms with Crippen molar-refractivity contribution in [2.24, 2.45) is 0 Å². The lowest BCUT2D eigenvalue weighted by Gasteiger charge is -2.37. The molecule has 0 radical (unpaired) electrons. The Morgan fingerprint density at radius 2 is 1.29 bits per heavy atom. The van der Waals surface area contributed by atoms with E-state index in [2.05, 4.69) is 121 Å². The van der Waals surface area contributed by atoms with E-state index >= 15 is 4.39 Å². The van der Waals surface area contributed by atoms with Crippen LogP contribution < -0.4 is 9.64 Å². The normalized spacial score (nSPS) is 17.3. The zero-order chi connectivity index (χ0) is 30.4. The quantitative estimate of drug-likeness (QED) is 0.199. The van der Waals surface area contributed by atoms with E-state index in [-0.39, 0.29) is 5.82 Å². The number of ether oxygens (including phenoxy) is 1. The minimum Gasteiger partial charge on any atom is -0.473 e. The molecule has 2 aliphatic rings. The highest BCUT2D eigenvalue weighted by atomic mass is 19.1. The van der Waals surface area contributed by atoms with Crippen LogP contribution >= 0.6 is 0 Å². The summed E-state index contributed by atoms with van der Waals surface area (Å²) in [6.45, 7) is 4.25. The van der Waals surface area contributed by atoms with Crippen molar-refractivity contribution in [3.8, 4) is 28.0 Å². The maximum atomic E-state index is 15.7. The molecule has 1 saturated heterocycles. The highest BCUT2D eigenvalue weighted by Gasteiger charge is 2.40. The Bertz CT molecular complexity index is 2040. The molecule has 45 heavy (non-hydrogen) atoms. The number of rotatable bonds is 5. The minimum absolute atomic E-state index is 0.290. The highest BCUT2D eigenvalue weighted by Crippen LogP contribution is 2.47. The van der Waals surface area contributed by atoms with Crippen LogP contribution in [0.5, 0.6) is 5.75 Å². The summed E-state index contributed by atoms with van der Waals surface area (Å²) in [4.78, 5) is 2.41. The maximum absolute atomic E-state index is 15.7. The molecule has 1 atom stereocenters. The molecule has 8 rings (SSSR count). The van der Waals surface area contributed by atoms with Crippen LogP contribution in [0.15, 0.2) is 133 Å². The van der Waals surface area contributed by atoms with E-state index < -0.39 is 5.60 Å². The zero-order valence-corrected chi connectivity index (χ0v) is 25.3. The Morgan fingerprint density at radius 1 is 0.667 bits per heavy atom. The summed E-state index contributed by atoms with van der Waals surface area (Å²) in [5, 5.41) is 2.26. The van der Waals surface area contributed by atoms with E-state index in [1.165, 1.54) is 41.3 Å². The molecule has 2 nitrogen and oxygen atoms in total. The van der Waals surface area contributed by atoms with Crippen LogP contribution in [0.25, 0.3) is 39.1 Å². The van der Waals surface area contributed by atoms with Crippen molar-refractivity contribution < 1.29 is 9.13 Å². The number of hydrogen-bond acceptors (Lipinski definition) is 2. The van der Waals surface area contributed by atoms with E-state index in [1.807, 2.05) is 18.2 Å². The Morgan fingerprint density at radius 3 is 2.00 bits per heavy atom. The molecular weight excluding hydrogens is 553 g/mol. The maximum Gasteiger partial charge on any atom is 0.180 e. The first kappa shape index (κ1) is 27.4. The Hall–Kier alpha value is -5.15. The smallest absolute Gasteiger partial charge is 0.180 e. The fourth-order valence-electron chi connectivity index (χ4n) is 6.98. The van der Waals surface area contributed by atoms with Gasteiger partial charge in [-0.2, -0.15) is 0 Å². The van der Waals surface area contributed by atoms with Gasteiger partial charge in [0.2, 0.25) is 0 Å². The third-order valence-electron chi connectivity index (χ3n) is 9.43. The van der Waals surface area contributed by atoms with E-state index in [9.17, 15) is 0 Å². The third kappa shape index (κ3) is 4.80. The van der Waals surface area contributed by atoms with Crippen LogP contribution in [0, 0.1) is 12.7 Å². The molecular formula is C42H34FNO. The summed E-state index contributed by atoms with van der Waals surface area (Å²) in [6.07, 6.45) is 6.58. The number of halogens is 1. The summed E-state index contributed by atoms with van der Waals surface area (Å²) in [5.41, 5.74) is 8.30. The van der Waals surface area contributed by atoms with Gasteiger partial charge in [0.15, 0.2) is 5.60 Å². The number of benzene rings is 6. The lowest BCUT2D eigenvalue weighted by atomic mass is 9.82. The molecule has 0 bridgehead atoms. The monoisotopic (exact) mass is 587 g/mol. The molecule has 6 aromatic rings. The minimum atomic E-state index is -1.11. The second kappa shape index (κ2) is 11.1. The van der Waals surface area contributed by atoms with Crippen molar-refractivity contribution in [2.45, 2.75) is 25.4 Å². The van der Waals surface area contributed by atoms with Gasteiger partial charge in [-0.05, 0) is 89.2 Å². The SMILES string of the molecule is Cc1ccc(-c2ccc(-c3cc4c(c5ccccc35)C=CC(c3ccc(N5CCCC5)cc3)(c3ccccc3F)O4)cc2)cc1. The van der Waals surface area contributed by atoms with Crippen LogP contribution in [0.3, 0.4) is 0 Å². The van der Waals surface area contributed by atoms with Crippen LogP contribution in [-0.2, 0) is 5.60 Å². The number of aryl methyl sites for hydroxylation is 1. The standard InChI is InChI=1S/C42H34FNO/c1-29-12-14-30(15-13-29)31-16-18-32(19-17-31)38-28-41-37(35-8-2-3-9-36(35)38)24-25-42(45-41,39-10-4-5-11-40(39)43)33-20-22-34(23-21-33)44-26-6-7-27-44/h2-5,8-25,28H,6-7,26-27H2,1H3. The van der Waals surface area contributed by atoms with Gasteiger partial charge in [-0.25, -0.2) is 4.39 Å². The van der Waals surface area contributed by atoms with Gasteiger partial charge in [0.05, 0.1) is 0 Å². The van der Waals surface area contributed by atoms with Crippen LogP contribution in [0.2, 0.25) is 0 Å². The second-order valence-corrected chi connectivity index (χ2v) is 12.2. The average molecular weight is 588 g/mol. The largest absolute Gasteiger partial charge is 0.473 e. The van der Waals surface area contributed by atoms with Gasteiger partial charge in [0.25, 0.3) is 0 Å². The number of hydrogen-bond donors (Lipinski definition) is 0. The summed E-state index contributed by atoms with van der Waals surface area (Å²) in [7, 11) is 0. The first-order chi connectivity index (χ1) is 22.1. The topological polar surface area (TPSA) is 12.5 Å². The predicted molar refractivity (Wildman–Crippen MR) is 184 cm³/mol. The zero-order valence-electron chi connectivity index (χ0n) is 25.3. The summed E-state index contributed by atoms with van der Waals surface area (Å²) in [5.74, 6) is 0.447. The van der Waals surface area contributed by atoms with Gasteiger partial charge in [0.1, 0.15) is 11.6 Å². The molecule has 0 N–H and O–H groups in total. The molecule has 1 unspecified atom stereocenters. The Kier molecular flexibility index (Phi) is 6.75. The van der Waals surface area contributed by atoms with E-state index in [0.717, 1.165) is 51.9 Å². The van der Waals surface area contributed by atoms with Gasteiger partial charge < -0.3 is 9.64 Å². The van der Waals surface area contributed by atoms with Crippen molar-refractivity contribution >= 4 is 22.5 Å². The number of fused-ring (bicyclic) bond motifs is 3. The van der Waals surface area contributed by atoms with Crippen molar-refractivity contribution in [1.29, 1.82) is 0 Å². The fraction of sp³-hybridized carbons (Fsp3) is 0.143. The Balaban J connectivity index is 1.25. The molecule has 0 saturated carbocycles. The molecule has 0 aromatic heterocycles.